The summed E-state index contributed by atoms with van der Waals surface area (Å²) < 4.78 is 39.8. The number of hydrazine groups is 1. The van der Waals surface area contributed by atoms with E-state index in [1.54, 1.807) is 36.7 Å². The lowest BCUT2D eigenvalue weighted by Gasteiger charge is -2.31. The first-order chi connectivity index (χ1) is 15.5. The van der Waals surface area contributed by atoms with E-state index in [1.807, 2.05) is 32.9 Å². The van der Waals surface area contributed by atoms with Crippen molar-refractivity contribution in [2.24, 2.45) is 5.41 Å². The summed E-state index contributed by atoms with van der Waals surface area (Å²) in [6.45, 7) is 5.69. The molecule has 10 heteroatoms. The predicted molar refractivity (Wildman–Crippen MR) is 116 cm³/mol. The van der Waals surface area contributed by atoms with Crippen LogP contribution in [0, 0.1) is 16.7 Å². The number of pyridine rings is 1. The van der Waals surface area contributed by atoms with E-state index in [-0.39, 0.29) is 12.4 Å². The van der Waals surface area contributed by atoms with Gasteiger partial charge in [0.2, 0.25) is 5.82 Å². The van der Waals surface area contributed by atoms with Crippen LogP contribution in [0.3, 0.4) is 0 Å². The Bertz CT molecular complexity index is 1170. The van der Waals surface area contributed by atoms with Crippen molar-refractivity contribution in [3.8, 4) is 17.2 Å². The largest absolute Gasteiger partial charge is 0.433 e. The second kappa shape index (κ2) is 9.24. The maximum atomic E-state index is 13.3. The third kappa shape index (κ3) is 6.26. The molecule has 0 bridgehead atoms. The number of carbonyl (C=O) groups excluding carboxylic acids is 1. The van der Waals surface area contributed by atoms with Gasteiger partial charge in [0.15, 0.2) is 11.5 Å². The van der Waals surface area contributed by atoms with Crippen molar-refractivity contribution in [3.63, 3.8) is 0 Å². The van der Waals surface area contributed by atoms with Gasteiger partial charge in [-0.1, -0.05) is 32.9 Å². The van der Waals surface area contributed by atoms with Crippen molar-refractivity contribution in [1.82, 2.24) is 20.4 Å². The van der Waals surface area contributed by atoms with Crippen LogP contribution in [0.5, 0.6) is 0 Å². The summed E-state index contributed by atoms with van der Waals surface area (Å²) in [5.41, 5.74) is 3.04. The number of aromatic nitrogens is 3. The van der Waals surface area contributed by atoms with E-state index in [9.17, 15) is 18.0 Å². The summed E-state index contributed by atoms with van der Waals surface area (Å²) in [5.74, 6) is -1.41. The van der Waals surface area contributed by atoms with Gasteiger partial charge >= 0.3 is 6.18 Å². The molecule has 170 valence electrons. The molecule has 33 heavy (non-hydrogen) atoms. The molecule has 0 spiro atoms. The van der Waals surface area contributed by atoms with Crippen molar-refractivity contribution >= 4 is 11.7 Å². The number of anilines is 1. The molecule has 0 aliphatic heterocycles. The minimum atomic E-state index is -4.77. The molecule has 0 saturated heterocycles. The van der Waals surface area contributed by atoms with Crippen molar-refractivity contribution in [3.05, 3.63) is 71.9 Å². The van der Waals surface area contributed by atoms with E-state index < -0.39 is 29.0 Å². The van der Waals surface area contributed by atoms with E-state index in [0.29, 0.717) is 11.6 Å². The average Bonchev–Trinajstić information content (AvgIpc) is 2.77. The van der Waals surface area contributed by atoms with Crippen LogP contribution in [0.15, 0.2) is 54.9 Å². The van der Waals surface area contributed by atoms with E-state index in [4.69, 9.17) is 5.26 Å². The molecule has 0 atom stereocenters. The molecule has 1 amide bonds. The lowest BCUT2D eigenvalue weighted by molar-refractivity contribution is -0.141. The quantitative estimate of drug-likeness (QED) is 0.565. The molecule has 2 aromatic heterocycles. The zero-order chi connectivity index (χ0) is 24.2. The van der Waals surface area contributed by atoms with Crippen molar-refractivity contribution in [1.29, 1.82) is 5.26 Å². The average molecular weight is 454 g/mol. The highest BCUT2D eigenvalue weighted by Gasteiger charge is 2.35. The normalized spacial score (nSPS) is 11.5. The lowest BCUT2D eigenvalue weighted by Crippen LogP contribution is -2.47. The van der Waals surface area contributed by atoms with Crippen molar-refractivity contribution < 1.29 is 18.0 Å². The number of rotatable bonds is 5. The number of nitrogens with one attached hydrogen (secondary N) is 1. The smallest absolute Gasteiger partial charge is 0.267 e. The van der Waals surface area contributed by atoms with Gasteiger partial charge in [-0.25, -0.2) is 4.98 Å². The van der Waals surface area contributed by atoms with Crippen LogP contribution in [-0.4, -0.2) is 27.4 Å². The monoisotopic (exact) mass is 454 g/mol. The molecular weight excluding hydrogens is 433 g/mol. The number of carbonyl (C=O) groups is 1. The van der Waals surface area contributed by atoms with Crippen molar-refractivity contribution in [2.45, 2.75) is 26.9 Å². The van der Waals surface area contributed by atoms with Gasteiger partial charge in [-0.3, -0.25) is 20.2 Å². The number of nitriles is 1. The summed E-state index contributed by atoms with van der Waals surface area (Å²) in [7, 11) is 0. The maximum absolute atomic E-state index is 13.3. The number of nitrogens with zero attached hydrogens (tertiary/aromatic N) is 5. The van der Waals surface area contributed by atoms with Crippen LogP contribution < -0.4 is 10.4 Å². The summed E-state index contributed by atoms with van der Waals surface area (Å²) in [4.78, 5) is 24.0. The Hall–Kier alpha value is -4.00. The number of hydrogen-bond acceptors (Lipinski definition) is 6. The first-order valence-electron chi connectivity index (χ1n) is 9.92. The fraction of sp³-hybridized carbons (Fsp3) is 0.261. The highest BCUT2D eigenvalue weighted by Crippen LogP contribution is 2.30. The molecule has 0 radical (unpaired) electrons. The molecule has 0 aliphatic rings. The Morgan fingerprint density at radius 1 is 1.03 bits per heavy atom. The fourth-order valence-electron chi connectivity index (χ4n) is 2.97. The number of halogens is 3. The van der Waals surface area contributed by atoms with Crippen LogP contribution in [0.4, 0.5) is 19.0 Å². The van der Waals surface area contributed by atoms with E-state index in [1.165, 1.54) is 11.1 Å². The van der Waals surface area contributed by atoms with Crippen LogP contribution in [-0.2, 0) is 6.18 Å². The molecule has 0 unspecified atom stereocenters. The summed E-state index contributed by atoms with van der Waals surface area (Å²) in [5, 5.41) is 10.3. The van der Waals surface area contributed by atoms with Crippen LogP contribution in [0.1, 0.15) is 42.6 Å². The highest BCUT2D eigenvalue weighted by molar-refractivity contribution is 5.95. The SMILES string of the molecule is CC(C)(C)CN(NC(=O)c1ccc(-c2ccncc2)cc1)c1cc(C(F)(F)F)nc(C#N)n1. The first-order valence-corrected chi connectivity index (χ1v) is 9.92. The van der Waals surface area contributed by atoms with Gasteiger partial charge in [-0.2, -0.15) is 23.4 Å². The minimum Gasteiger partial charge on any atom is -0.267 e. The number of alkyl halides is 3. The number of hydrogen-bond donors (Lipinski definition) is 1. The van der Waals surface area contributed by atoms with Gasteiger partial charge in [0.25, 0.3) is 5.91 Å². The molecule has 3 rings (SSSR count). The van der Waals surface area contributed by atoms with Gasteiger partial charge in [-0.05, 0) is 40.8 Å². The molecule has 7 nitrogen and oxygen atoms in total. The molecular formula is C23H21F3N6O. The van der Waals surface area contributed by atoms with E-state index in [2.05, 4.69) is 20.4 Å². The minimum absolute atomic E-state index is 0.132. The Kier molecular flexibility index (Phi) is 6.62. The molecule has 1 aromatic carbocycles. The Morgan fingerprint density at radius 3 is 2.18 bits per heavy atom. The van der Waals surface area contributed by atoms with Gasteiger partial charge < -0.3 is 0 Å². The second-order valence-electron chi connectivity index (χ2n) is 8.45. The standard InChI is InChI=1S/C23H21F3N6O/c1-22(2,3)14-32(20-12-18(23(24,25)26)29-19(13-27)30-20)31-21(33)17-6-4-15(5-7-17)16-8-10-28-11-9-16/h4-12H,14H2,1-3H3,(H,31,33). The molecule has 0 saturated carbocycles. The van der Waals surface area contributed by atoms with Gasteiger partial charge in [-0.15, -0.1) is 0 Å². The van der Waals surface area contributed by atoms with Crippen LogP contribution >= 0.6 is 0 Å². The van der Waals surface area contributed by atoms with Crippen molar-refractivity contribution in [2.75, 3.05) is 11.6 Å². The summed E-state index contributed by atoms with van der Waals surface area (Å²) >= 11 is 0. The molecule has 2 heterocycles. The Morgan fingerprint density at radius 2 is 1.64 bits per heavy atom. The molecule has 0 fully saturated rings. The lowest BCUT2D eigenvalue weighted by atomic mass is 9.96. The number of benzene rings is 1. The second-order valence-corrected chi connectivity index (χ2v) is 8.45. The zero-order valence-electron chi connectivity index (χ0n) is 18.2. The molecule has 3 aromatic rings. The topological polar surface area (TPSA) is 94.8 Å². The Balaban J connectivity index is 1.91. The molecule has 0 aliphatic carbocycles. The van der Waals surface area contributed by atoms with Crippen LogP contribution in [0.2, 0.25) is 0 Å². The first kappa shape index (κ1) is 23.7. The van der Waals surface area contributed by atoms with Gasteiger partial charge in [0.05, 0.1) is 0 Å². The highest BCUT2D eigenvalue weighted by atomic mass is 19.4. The van der Waals surface area contributed by atoms with E-state index >= 15 is 0 Å². The predicted octanol–water partition coefficient (Wildman–Crippen LogP) is 4.63. The van der Waals surface area contributed by atoms with E-state index in [0.717, 1.165) is 11.1 Å². The summed E-state index contributed by atoms with van der Waals surface area (Å²) in [6.07, 6.45) is -1.46. The number of amides is 1. The molecule has 1 N–H and O–H groups in total. The maximum Gasteiger partial charge on any atom is 0.433 e. The zero-order valence-corrected chi connectivity index (χ0v) is 18.2. The van der Waals surface area contributed by atoms with Gasteiger partial charge in [0.1, 0.15) is 6.07 Å². The third-order valence-electron chi connectivity index (χ3n) is 4.41. The Labute approximate surface area is 188 Å². The van der Waals surface area contributed by atoms with Crippen LogP contribution in [0.25, 0.3) is 11.1 Å². The van der Waals surface area contributed by atoms with Gasteiger partial charge in [0, 0.05) is 30.6 Å². The third-order valence-corrected chi connectivity index (χ3v) is 4.41. The summed E-state index contributed by atoms with van der Waals surface area (Å²) in [6, 6.07) is 12.7. The fourth-order valence-corrected chi connectivity index (χ4v) is 2.97.